The molecule has 0 spiro atoms. The Labute approximate surface area is 297 Å². The molecule has 4 aliphatic carbocycles. The Morgan fingerprint density at radius 2 is 1.53 bits per heavy atom. The Bertz CT molecular complexity index is 1120. The molecule has 0 aromatic carbocycles. The molecule has 3 fully saturated rings. The lowest BCUT2D eigenvalue weighted by Crippen LogP contribution is -2.53. The second-order valence-corrected chi connectivity index (χ2v) is 16.5. The highest BCUT2D eigenvalue weighted by molar-refractivity contribution is 5.71. The van der Waals surface area contributed by atoms with E-state index in [0.717, 1.165) is 37.0 Å². The van der Waals surface area contributed by atoms with Gasteiger partial charge < -0.3 is 25.2 Å². The fourth-order valence-electron chi connectivity index (χ4n) is 10.8. The highest BCUT2D eigenvalue weighted by Gasteiger charge is 2.59. The first-order chi connectivity index (χ1) is 23.3. The fourth-order valence-corrected chi connectivity index (χ4v) is 10.8. The summed E-state index contributed by atoms with van der Waals surface area (Å²) in [6.07, 6.45) is 15.6. The number of rotatable bonds is 16. The lowest BCUT2D eigenvalue weighted by atomic mass is 9.46. The molecule has 282 valence electrons. The van der Waals surface area contributed by atoms with E-state index in [4.69, 9.17) is 25.2 Å². The van der Waals surface area contributed by atoms with Crippen LogP contribution in [-0.4, -0.2) is 82.8 Å². The van der Waals surface area contributed by atoms with E-state index in [0.29, 0.717) is 54.6 Å². The normalized spacial score (nSPS) is 32.5. The van der Waals surface area contributed by atoms with E-state index in [2.05, 4.69) is 54.5 Å². The molecule has 3 saturated carbocycles. The van der Waals surface area contributed by atoms with E-state index < -0.39 is 5.97 Å². The van der Waals surface area contributed by atoms with Crippen LogP contribution in [0.5, 0.6) is 0 Å². The zero-order valence-electron chi connectivity index (χ0n) is 32.0. The molecule has 0 bridgehead atoms. The van der Waals surface area contributed by atoms with E-state index >= 15 is 0 Å². The molecule has 49 heavy (non-hydrogen) atoms. The second kappa shape index (κ2) is 19.2. The topological polar surface area (TPSA) is 128 Å². The average Bonchev–Trinajstić information content (AvgIpc) is 3.40. The number of carbonyl (C=O) groups is 2. The molecule has 4 aliphatic rings. The van der Waals surface area contributed by atoms with Crippen molar-refractivity contribution in [3.63, 3.8) is 0 Å². The van der Waals surface area contributed by atoms with Crippen LogP contribution >= 0.6 is 0 Å². The lowest BCUT2D eigenvalue weighted by molar-refractivity contribution is -0.161. The minimum absolute atomic E-state index is 0.0280. The Hall–Kier alpha value is -1.74. The van der Waals surface area contributed by atoms with Gasteiger partial charge in [0, 0.05) is 32.5 Å². The Balaban J connectivity index is 0.000000565. The third-order valence-corrected chi connectivity index (χ3v) is 13.7. The Kier molecular flexibility index (Phi) is 16.3. The van der Waals surface area contributed by atoms with Crippen molar-refractivity contribution in [3.8, 4) is 0 Å². The van der Waals surface area contributed by atoms with Gasteiger partial charge in [-0.05, 0) is 131 Å². The summed E-state index contributed by atoms with van der Waals surface area (Å²) in [4.78, 5) is 25.0. The molecule has 0 saturated heterocycles. The number of aliphatic carboxylic acids is 1. The molecular weight excluding hydrogens is 618 g/mol. The van der Waals surface area contributed by atoms with Crippen LogP contribution in [-0.2, 0) is 14.3 Å². The third kappa shape index (κ3) is 10.2. The quantitative estimate of drug-likeness (QED) is 0.0975. The summed E-state index contributed by atoms with van der Waals surface area (Å²) in [6.45, 7) is 18.7. The van der Waals surface area contributed by atoms with Gasteiger partial charge in [-0.2, -0.15) is 0 Å². The number of ether oxygens (including phenoxy) is 1. The van der Waals surface area contributed by atoms with Gasteiger partial charge in [0.05, 0.1) is 19.8 Å². The van der Waals surface area contributed by atoms with Gasteiger partial charge in [-0.15, -0.1) is 0 Å². The molecule has 8 heteroatoms. The van der Waals surface area contributed by atoms with Crippen LogP contribution in [0.15, 0.2) is 22.8 Å². The second-order valence-electron chi connectivity index (χ2n) is 16.5. The van der Waals surface area contributed by atoms with Gasteiger partial charge in [0.2, 0.25) is 0 Å². The predicted octanol–water partition coefficient (Wildman–Crippen LogP) is 7.41. The predicted molar refractivity (Wildman–Crippen MR) is 196 cm³/mol. The zero-order chi connectivity index (χ0) is 36.4. The number of esters is 1. The van der Waals surface area contributed by atoms with Gasteiger partial charge in [0.1, 0.15) is 6.10 Å². The Morgan fingerprint density at radius 3 is 2.10 bits per heavy atom. The minimum atomic E-state index is -0.851. The monoisotopic (exact) mass is 690 g/mol. The van der Waals surface area contributed by atoms with Crippen LogP contribution < -0.4 is 0 Å². The number of hydrogen-bond donors (Lipinski definition) is 4. The van der Waals surface area contributed by atoms with E-state index in [1.54, 1.807) is 16.0 Å². The maximum atomic E-state index is 12.5. The molecule has 0 radical (unpaired) electrons. The molecule has 0 heterocycles. The van der Waals surface area contributed by atoms with Crippen molar-refractivity contribution in [1.82, 2.24) is 4.90 Å². The van der Waals surface area contributed by atoms with Crippen molar-refractivity contribution in [2.75, 3.05) is 39.5 Å². The summed E-state index contributed by atoms with van der Waals surface area (Å²) in [6, 6.07) is 0. The minimum Gasteiger partial charge on any atom is -0.481 e. The van der Waals surface area contributed by atoms with Gasteiger partial charge in [-0.25, -0.2) is 0 Å². The van der Waals surface area contributed by atoms with Crippen molar-refractivity contribution in [1.29, 1.82) is 0 Å². The maximum absolute atomic E-state index is 12.5. The van der Waals surface area contributed by atoms with E-state index in [1.807, 2.05) is 0 Å². The number of nitrogens with zero attached hydrogens (tertiary/aromatic N) is 1. The van der Waals surface area contributed by atoms with Crippen molar-refractivity contribution in [2.24, 2.45) is 46.3 Å². The molecule has 0 aromatic rings. The number of carbonyl (C=O) groups excluding carboxylic acids is 1. The molecule has 9 atom stereocenters. The summed E-state index contributed by atoms with van der Waals surface area (Å²) in [5, 5.41) is 34.3. The number of hydrogen-bond acceptors (Lipinski definition) is 7. The molecule has 0 amide bonds. The van der Waals surface area contributed by atoms with E-state index in [9.17, 15) is 9.59 Å². The van der Waals surface area contributed by atoms with Gasteiger partial charge in [0.15, 0.2) is 0 Å². The number of allylic oxidation sites excluding steroid dienone is 4. The summed E-state index contributed by atoms with van der Waals surface area (Å²) in [5.41, 5.74) is 5.71. The summed E-state index contributed by atoms with van der Waals surface area (Å²) < 4.78 is 5.95. The highest BCUT2D eigenvalue weighted by Crippen LogP contribution is 2.67. The fraction of sp³-hybridized carbons (Fsp3) is 0.854. The largest absolute Gasteiger partial charge is 0.481 e. The molecule has 0 aliphatic heterocycles. The molecule has 4 rings (SSSR count). The van der Waals surface area contributed by atoms with Crippen LogP contribution in [0.1, 0.15) is 132 Å². The first kappa shape index (κ1) is 41.7. The van der Waals surface area contributed by atoms with Crippen LogP contribution in [0.2, 0.25) is 0 Å². The van der Waals surface area contributed by atoms with Crippen molar-refractivity contribution in [3.05, 3.63) is 22.8 Å². The highest BCUT2D eigenvalue weighted by atomic mass is 16.5. The number of fused-ring (bicyclic) bond motifs is 5. The van der Waals surface area contributed by atoms with Crippen LogP contribution in [0.25, 0.3) is 0 Å². The molecule has 0 aromatic heterocycles. The Morgan fingerprint density at radius 1 is 0.918 bits per heavy atom. The van der Waals surface area contributed by atoms with Crippen molar-refractivity contribution >= 4 is 11.9 Å². The average molecular weight is 690 g/mol. The van der Waals surface area contributed by atoms with Gasteiger partial charge >= 0.3 is 11.9 Å². The SMILES string of the molecule is CCC(CCC(C)C1CCC2C3=CCC4C(C)C(OC(=O)CCCC(=O)O)CCC4(C)C3CCC21C)=C(C)C.OCCN(CCO)CCO. The van der Waals surface area contributed by atoms with Gasteiger partial charge in [-0.3, -0.25) is 14.5 Å². The third-order valence-electron chi connectivity index (χ3n) is 13.7. The summed E-state index contributed by atoms with van der Waals surface area (Å²) in [5.74, 6) is 2.86. The molecule has 8 nitrogen and oxygen atoms in total. The summed E-state index contributed by atoms with van der Waals surface area (Å²) in [7, 11) is 0. The lowest BCUT2D eigenvalue weighted by Gasteiger charge is -2.59. The van der Waals surface area contributed by atoms with Crippen molar-refractivity contribution < 1.29 is 34.8 Å². The van der Waals surface area contributed by atoms with Crippen molar-refractivity contribution in [2.45, 2.75) is 138 Å². The molecular formula is C41H71NO7. The number of carboxylic acids is 1. The zero-order valence-corrected chi connectivity index (χ0v) is 32.0. The van der Waals surface area contributed by atoms with Crippen LogP contribution in [0.4, 0.5) is 0 Å². The van der Waals surface area contributed by atoms with E-state index in [1.165, 1.54) is 50.5 Å². The molecule has 9 unspecified atom stereocenters. The van der Waals surface area contributed by atoms with Gasteiger partial charge in [0.25, 0.3) is 0 Å². The standard InChI is InChI=1S/C35H56O4.C6H15NO3/c1-8-25(22(2)3)13-12-23(4)27-16-17-29-26-14-15-28-24(5)31(39-33(38)11-9-10-32(36)37)19-21-35(28,7)30(26)18-20-34(27,29)6;8-4-1-7(2-5-9)3-6-10/h14,23-24,27-31H,8-13,15-21H2,1-7H3,(H,36,37);8-10H,1-6H2. The van der Waals surface area contributed by atoms with Crippen LogP contribution in [0.3, 0.4) is 0 Å². The molecule has 4 N–H and O–H groups in total. The van der Waals surface area contributed by atoms with E-state index in [-0.39, 0.29) is 44.7 Å². The first-order valence-corrected chi connectivity index (χ1v) is 19.6. The first-order valence-electron chi connectivity index (χ1n) is 19.6. The smallest absolute Gasteiger partial charge is 0.306 e. The maximum Gasteiger partial charge on any atom is 0.306 e. The number of carboxylic acid groups (broad SMARTS) is 1. The van der Waals surface area contributed by atoms with Crippen LogP contribution in [0, 0.1) is 46.3 Å². The number of aliphatic hydroxyl groups excluding tert-OH is 3. The van der Waals surface area contributed by atoms with Gasteiger partial charge in [-0.1, -0.05) is 57.4 Å². The summed E-state index contributed by atoms with van der Waals surface area (Å²) >= 11 is 0. The number of aliphatic hydroxyl groups is 3.